The quantitative estimate of drug-likeness (QED) is 0.717. The predicted octanol–water partition coefficient (Wildman–Crippen LogP) is 0.976. The van der Waals surface area contributed by atoms with Crippen molar-refractivity contribution < 1.29 is 9.53 Å². The van der Waals surface area contributed by atoms with E-state index in [0.717, 1.165) is 31.5 Å². The molecule has 2 N–H and O–H groups in total. The van der Waals surface area contributed by atoms with E-state index in [1.54, 1.807) is 0 Å². The van der Waals surface area contributed by atoms with E-state index in [1.807, 2.05) is 20.8 Å². The minimum absolute atomic E-state index is 0.291. The van der Waals surface area contributed by atoms with Gasteiger partial charge in [0, 0.05) is 6.54 Å². The van der Waals surface area contributed by atoms with Crippen LogP contribution in [0.1, 0.15) is 20.8 Å². The summed E-state index contributed by atoms with van der Waals surface area (Å²) < 4.78 is 5.17. The molecule has 4 nitrogen and oxygen atoms in total. The van der Waals surface area contributed by atoms with Gasteiger partial charge in [0.1, 0.15) is 5.60 Å². The molecular formula is C11H20N2O2. The Morgan fingerprint density at radius 3 is 2.53 bits per heavy atom. The molecule has 4 heteroatoms. The number of hydrogen-bond acceptors (Lipinski definition) is 3. The van der Waals surface area contributed by atoms with Crippen molar-refractivity contribution in [2.45, 2.75) is 26.4 Å². The van der Waals surface area contributed by atoms with Crippen LogP contribution in [-0.2, 0) is 4.74 Å². The first-order chi connectivity index (χ1) is 6.97. The first-order valence-corrected chi connectivity index (χ1v) is 5.65. The van der Waals surface area contributed by atoms with Crippen LogP contribution >= 0.6 is 0 Å². The maximum Gasteiger partial charge on any atom is 0.407 e. The molecule has 0 aromatic heterocycles. The predicted molar refractivity (Wildman–Crippen MR) is 57.6 cm³/mol. The van der Waals surface area contributed by atoms with Crippen LogP contribution in [0.25, 0.3) is 0 Å². The van der Waals surface area contributed by atoms with Gasteiger partial charge in [-0.1, -0.05) is 0 Å². The highest BCUT2D eigenvalue weighted by Gasteiger charge is 2.52. The van der Waals surface area contributed by atoms with E-state index in [4.69, 9.17) is 4.74 Å². The highest BCUT2D eigenvalue weighted by molar-refractivity contribution is 5.67. The molecule has 0 aromatic carbocycles. The third-order valence-electron chi connectivity index (χ3n) is 3.15. The molecule has 1 saturated carbocycles. The van der Waals surface area contributed by atoms with E-state index in [-0.39, 0.29) is 6.09 Å². The Labute approximate surface area is 90.8 Å². The lowest BCUT2D eigenvalue weighted by Gasteiger charge is -2.19. The maximum absolute atomic E-state index is 11.4. The topological polar surface area (TPSA) is 50.4 Å². The summed E-state index contributed by atoms with van der Waals surface area (Å²) in [5.74, 6) is 2.26. The zero-order valence-electron chi connectivity index (χ0n) is 9.67. The van der Waals surface area contributed by atoms with Crippen molar-refractivity contribution >= 4 is 6.09 Å². The molecule has 15 heavy (non-hydrogen) atoms. The van der Waals surface area contributed by atoms with Gasteiger partial charge >= 0.3 is 6.09 Å². The van der Waals surface area contributed by atoms with Crippen molar-refractivity contribution in [2.24, 2.45) is 17.8 Å². The molecule has 2 aliphatic rings. The molecule has 2 atom stereocenters. The second-order valence-electron chi connectivity index (χ2n) is 5.53. The van der Waals surface area contributed by atoms with E-state index in [2.05, 4.69) is 10.6 Å². The summed E-state index contributed by atoms with van der Waals surface area (Å²) in [6.45, 7) is 8.63. The van der Waals surface area contributed by atoms with Gasteiger partial charge in [-0.25, -0.2) is 4.79 Å². The smallest absolute Gasteiger partial charge is 0.407 e. The van der Waals surface area contributed by atoms with Gasteiger partial charge in [-0.3, -0.25) is 0 Å². The zero-order valence-corrected chi connectivity index (χ0v) is 9.67. The summed E-state index contributed by atoms with van der Waals surface area (Å²) in [4.78, 5) is 11.4. The first kappa shape index (κ1) is 10.7. The number of piperidine rings is 1. The van der Waals surface area contributed by atoms with Crippen LogP contribution in [-0.4, -0.2) is 31.3 Å². The summed E-state index contributed by atoms with van der Waals surface area (Å²) >= 11 is 0. The Balaban J connectivity index is 1.64. The minimum Gasteiger partial charge on any atom is -0.444 e. The molecular weight excluding hydrogens is 192 g/mol. The summed E-state index contributed by atoms with van der Waals surface area (Å²) in [5.41, 5.74) is -0.398. The van der Waals surface area contributed by atoms with Gasteiger partial charge < -0.3 is 15.4 Å². The summed E-state index contributed by atoms with van der Waals surface area (Å²) in [5, 5.41) is 6.17. The molecule has 0 radical (unpaired) electrons. The Morgan fingerprint density at radius 1 is 1.40 bits per heavy atom. The van der Waals surface area contributed by atoms with Crippen LogP contribution in [0.3, 0.4) is 0 Å². The Morgan fingerprint density at radius 2 is 2.00 bits per heavy atom. The fourth-order valence-electron chi connectivity index (χ4n) is 2.36. The monoisotopic (exact) mass is 212 g/mol. The van der Waals surface area contributed by atoms with Crippen molar-refractivity contribution in [3.63, 3.8) is 0 Å². The van der Waals surface area contributed by atoms with Gasteiger partial charge in [-0.2, -0.15) is 0 Å². The van der Waals surface area contributed by atoms with Gasteiger partial charge in [0.25, 0.3) is 0 Å². The fourth-order valence-corrected chi connectivity index (χ4v) is 2.36. The molecule has 1 aliphatic heterocycles. The van der Waals surface area contributed by atoms with E-state index < -0.39 is 5.60 Å². The largest absolute Gasteiger partial charge is 0.444 e. The average Bonchev–Trinajstić information content (AvgIpc) is 2.55. The highest BCUT2D eigenvalue weighted by atomic mass is 16.6. The Kier molecular flexibility index (Phi) is 2.63. The Hall–Kier alpha value is -0.770. The third kappa shape index (κ3) is 2.62. The van der Waals surface area contributed by atoms with Crippen molar-refractivity contribution in [3.05, 3.63) is 0 Å². The summed E-state index contributed by atoms with van der Waals surface area (Å²) in [7, 11) is 0. The number of carbonyl (C=O) groups excluding carboxylic acids is 1. The van der Waals surface area contributed by atoms with Crippen molar-refractivity contribution in [1.29, 1.82) is 0 Å². The van der Waals surface area contributed by atoms with Gasteiger partial charge in [0.15, 0.2) is 0 Å². The van der Waals surface area contributed by atoms with Crippen LogP contribution in [0, 0.1) is 17.8 Å². The Bertz CT molecular complexity index is 250. The average molecular weight is 212 g/mol. The van der Waals surface area contributed by atoms with Crippen molar-refractivity contribution in [3.8, 4) is 0 Å². The maximum atomic E-state index is 11.4. The number of nitrogens with one attached hydrogen (secondary N) is 2. The van der Waals surface area contributed by atoms with E-state index in [9.17, 15) is 4.79 Å². The lowest BCUT2D eigenvalue weighted by Crippen LogP contribution is -2.34. The van der Waals surface area contributed by atoms with Gasteiger partial charge in [-0.15, -0.1) is 0 Å². The van der Waals surface area contributed by atoms with Crippen molar-refractivity contribution in [1.82, 2.24) is 10.6 Å². The molecule has 1 aliphatic carbocycles. The number of hydrogen-bond donors (Lipinski definition) is 2. The number of alkyl carbamates (subject to hydrolysis) is 1. The molecule has 0 spiro atoms. The minimum atomic E-state index is -0.398. The fraction of sp³-hybridized carbons (Fsp3) is 0.909. The third-order valence-corrected chi connectivity index (χ3v) is 3.15. The standard InChI is InChI=1S/C11H20N2O2/c1-11(2,3)15-10(14)13-6-9-7-4-12-5-8(7)9/h7-9,12H,4-6H2,1-3H3,(H,13,14)/t7-,8-/m0/s1. The molecule has 86 valence electrons. The van der Waals surface area contributed by atoms with Crippen LogP contribution < -0.4 is 10.6 Å². The number of fused-ring (bicyclic) bond motifs is 1. The molecule has 2 fully saturated rings. The number of ether oxygens (including phenoxy) is 1. The molecule has 1 amide bonds. The van der Waals surface area contributed by atoms with Crippen molar-refractivity contribution in [2.75, 3.05) is 19.6 Å². The molecule has 1 heterocycles. The molecule has 0 aromatic rings. The summed E-state index contributed by atoms with van der Waals surface area (Å²) in [6, 6.07) is 0. The second kappa shape index (κ2) is 3.67. The van der Waals surface area contributed by atoms with Crippen LogP contribution in [0.2, 0.25) is 0 Å². The van der Waals surface area contributed by atoms with Crippen LogP contribution in [0.15, 0.2) is 0 Å². The molecule has 0 bridgehead atoms. The zero-order chi connectivity index (χ0) is 11.1. The molecule has 2 rings (SSSR count). The molecule has 1 saturated heterocycles. The van der Waals surface area contributed by atoms with Gasteiger partial charge in [0.05, 0.1) is 0 Å². The number of rotatable bonds is 2. The second-order valence-corrected chi connectivity index (χ2v) is 5.53. The van der Waals surface area contributed by atoms with E-state index in [1.165, 1.54) is 0 Å². The van der Waals surface area contributed by atoms with Gasteiger partial charge in [-0.05, 0) is 51.6 Å². The van der Waals surface area contributed by atoms with Crippen LogP contribution in [0.4, 0.5) is 4.79 Å². The number of carbonyl (C=O) groups is 1. The van der Waals surface area contributed by atoms with Crippen LogP contribution in [0.5, 0.6) is 0 Å². The molecule has 0 unspecified atom stereocenters. The SMILES string of the molecule is CC(C)(C)OC(=O)NCC1[C@H]2CNC[C@H]12. The van der Waals surface area contributed by atoms with Gasteiger partial charge in [0.2, 0.25) is 0 Å². The number of amides is 1. The first-order valence-electron chi connectivity index (χ1n) is 5.65. The lowest BCUT2D eigenvalue weighted by molar-refractivity contribution is 0.0523. The van der Waals surface area contributed by atoms with E-state index in [0.29, 0.717) is 5.92 Å². The van der Waals surface area contributed by atoms with E-state index >= 15 is 0 Å². The highest BCUT2D eigenvalue weighted by Crippen LogP contribution is 2.47. The lowest BCUT2D eigenvalue weighted by atomic mass is 10.2. The summed E-state index contributed by atoms with van der Waals surface area (Å²) in [6.07, 6.45) is -0.291. The normalized spacial score (nSPS) is 33.4.